The molecule has 0 spiro atoms. The van der Waals surface area contributed by atoms with E-state index >= 15 is 0 Å². The van der Waals surface area contributed by atoms with E-state index in [1.807, 2.05) is 31.0 Å². The fourth-order valence-corrected chi connectivity index (χ4v) is 2.29. The van der Waals surface area contributed by atoms with Crippen molar-refractivity contribution in [1.82, 2.24) is 15.0 Å². The highest BCUT2D eigenvalue weighted by Gasteiger charge is 2.15. The lowest BCUT2D eigenvalue weighted by atomic mass is 10.1. The van der Waals surface area contributed by atoms with E-state index in [1.165, 1.54) is 0 Å². The molecule has 2 rings (SSSR count). The van der Waals surface area contributed by atoms with Gasteiger partial charge in [0.15, 0.2) is 0 Å². The third-order valence-corrected chi connectivity index (χ3v) is 3.62. The van der Waals surface area contributed by atoms with E-state index < -0.39 is 0 Å². The van der Waals surface area contributed by atoms with Crippen LogP contribution in [0.15, 0.2) is 28.9 Å². The lowest BCUT2D eigenvalue weighted by molar-refractivity contribution is 0.347. The van der Waals surface area contributed by atoms with Gasteiger partial charge in [0.1, 0.15) is 5.69 Å². The van der Waals surface area contributed by atoms with E-state index in [4.69, 9.17) is 0 Å². The molecule has 6 heteroatoms. The Morgan fingerprint density at radius 1 is 1.29 bits per heavy atom. The third-order valence-electron chi connectivity index (χ3n) is 3.13. The number of hydrogen-bond acceptors (Lipinski definition) is 4. The second-order valence-corrected chi connectivity index (χ2v) is 7.15. The standard InChI is InChI=1S/C15H22BrN5/c1-15(2,3)21-10-12(18-19-21)9-17-13-8-11(16)6-7-14(13)20(4)5/h6-8,10,17H,9H2,1-5H3. The molecular formula is C15H22BrN5. The van der Waals surface area contributed by atoms with Crippen molar-refractivity contribution in [2.45, 2.75) is 32.9 Å². The number of hydrogen-bond donors (Lipinski definition) is 1. The number of nitrogens with one attached hydrogen (secondary N) is 1. The Morgan fingerprint density at radius 3 is 2.57 bits per heavy atom. The van der Waals surface area contributed by atoms with Crippen molar-refractivity contribution >= 4 is 27.3 Å². The molecule has 0 aliphatic carbocycles. The van der Waals surface area contributed by atoms with Crippen molar-refractivity contribution in [1.29, 1.82) is 0 Å². The van der Waals surface area contributed by atoms with E-state index in [1.54, 1.807) is 0 Å². The molecule has 0 atom stereocenters. The van der Waals surface area contributed by atoms with Crippen LogP contribution in [0.4, 0.5) is 11.4 Å². The van der Waals surface area contributed by atoms with Gasteiger partial charge in [0.2, 0.25) is 0 Å². The lowest BCUT2D eigenvalue weighted by Gasteiger charge is -2.19. The van der Waals surface area contributed by atoms with Crippen LogP contribution in [0.1, 0.15) is 26.5 Å². The highest BCUT2D eigenvalue weighted by molar-refractivity contribution is 9.10. The average Bonchev–Trinajstić information content (AvgIpc) is 2.84. The van der Waals surface area contributed by atoms with Crippen LogP contribution in [0, 0.1) is 0 Å². The van der Waals surface area contributed by atoms with E-state index in [0.717, 1.165) is 21.5 Å². The number of aromatic nitrogens is 3. The molecule has 1 aromatic carbocycles. The predicted molar refractivity (Wildman–Crippen MR) is 90.8 cm³/mol. The summed E-state index contributed by atoms with van der Waals surface area (Å²) >= 11 is 3.51. The molecule has 114 valence electrons. The topological polar surface area (TPSA) is 46.0 Å². The SMILES string of the molecule is CN(C)c1ccc(Br)cc1NCc1cn(C(C)(C)C)nn1. The Bertz CT molecular complexity index is 613. The largest absolute Gasteiger partial charge is 0.378 e. The first kappa shape index (κ1) is 15.8. The molecular weight excluding hydrogens is 330 g/mol. The summed E-state index contributed by atoms with van der Waals surface area (Å²) in [5, 5.41) is 11.8. The highest BCUT2D eigenvalue weighted by Crippen LogP contribution is 2.28. The van der Waals surface area contributed by atoms with Gasteiger partial charge < -0.3 is 10.2 Å². The summed E-state index contributed by atoms with van der Waals surface area (Å²) in [5.41, 5.74) is 3.09. The van der Waals surface area contributed by atoms with Gasteiger partial charge in [-0.15, -0.1) is 5.10 Å². The monoisotopic (exact) mass is 351 g/mol. The zero-order chi connectivity index (χ0) is 15.6. The molecule has 0 amide bonds. The van der Waals surface area contributed by atoms with Gasteiger partial charge in [-0.2, -0.15) is 0 Å². The van der Waals surface area contributed by atoms with Gasteiger partial charge in [0.05, 0.1) is 29.7 Å². The quantitative estimate of drug-likeness (QED) is 0.915. The molecule has 0 bridgehead atoms. The van der Waals surface area contributed by atoms with Gasteiger partial charge in [-0.05, 0) is 39.0 Å². The van der Waals surface area contributed by atoms with E-state index in [0.29, 0.717) is 6.54 Å². The van der Waals surface area contributed by atoms with Crippen molar-refractivity contribution < 1.29 is 0 Å². The van der Waals surface area contributed by atoms with E-state index in [2.05, 4.69) is 69.4 Å². The molecule has 0 aliphatic rings. The smallest absolute Gasteiger partial charge is 0.102 e. The molecule has 2 aromatic rings. The van der Waals surface area contributed by atoms with Crippen molar-refractivity contribution in [2.24, 2.45) is 0 Å². The zero-order valence-corrected chi connectivity index (χ0v) is 14.8. The molecule has 0 saturated heterocycles. The first-order chi connectivity index (χ1) is 9.77. The number of nitrogens with zero attached hydrogens (tertiary/aromatic N) is 4. The molecule has 0 aliphatic heterocycles. The van der Waals surface area contributed by atoms with Gasteiger partial charge in [-0.1, -0.05) is 21.1 Å². The predicted octanol–water partition coefficient (Wildman–Crippen LogP) is 3.47. The lowest BCUT2D eigenvalue weighted by Crippen LogP contribution is -2.22. The van der Waals surface area contributed by atoms with E-state index in [-0.39, 0.29) is 5.54 Å². The fraction of sp³-hybridized carbons (Fsp3) is 0.467. The summed E-state index contributed by atoms with van der Waals surface area (Å²) in [6, 6.07) is 6.19. The Balaban J connectivity index is 2.13. The van der Waals surface area contributed by atoms with Crippen LogP contribution in [0.2, 0.25) is 0 Å². The number of benzene rings is 1. The maximum atomic E-state index is 4.22. The molecule has 5 nitrogen and oxygen atoms in total. The maximum Gasteiger partial charge on any atom is 0.102 e. The fourth-order valence-electron chi connectivity index (χ4n) is 1.93. The highest BCUT2D eigenvalue weighted by atomic mass is 79.9. The summed E-state index contributed by atoms with van der Waals surface area (Å²) in [7, 11) is 4.06. The van der Waals surface area contributed by atoms with Gasteiger partial charge in [0.25, 0.3) is 0 Å². The Morgan fingerprint density at radius 2 is 2.00 bits per heavy atom. The minimum Gasteiger partial charge on any atom is -0.378 e. The second kappa shape index (κ2) is 6.05. The van der Waals surface area contributed by atoms with Crippen LogP contribution in [0.25, 0.3) is 0 Å². The maximum absolute atomic E-state index is 4.22. The Labute approximate surface area is 134 Å². The first-order valence-corrected chi connectivity index (χ1v) is 7.69. The zero-order valence-electron chi connectivity index (χ0n) is 13.2. The van der Waals surface area contributed by atoms with Gasteiger partial charge in [0, 0.05) is 18.6 Å². The van der Waals surface area contributed by atoms with Crippen LogP contribution in [-0.4, -0.2) is 29.1 Å². The van der Waals surface area contributed by atoms with Crippen LogP contribution in [0.3, 0.4) is 0 Å². The molecule has 0 saturated carbocycles. The number of rotatable bonds is 4. The Kier molecular flexibility index (Phi) is 4.56. The molecule has 0 radical (unpaired) electrons. The summed E-state index contributed by atoms with van der Waals surface area (Å²) < 4.78 is 2.94. The van der Waals surface area contributed by atoms with Crippen LogP contribution in [-0.2, 0) is 12.1 Å². The van der Waals surface area contributed by atoms with Crippen LogP contribution in [0.5, 0.6) is 0 Å². The average molecular weight is 352 g/mol. The van der Waals surface area contributed by atoms with Crippen molar-refractivity contribution in [2.75, 3.05) is 24.3 Å². The Hall–Kier alpha value is -1.56. The molecule has 1 N–H and O–H groups in total. The summed E-state index contributed by atoms with van der Waals surface area (Å²) in [4.78, 5) is 2.08. The summed E-state index contributed by atoms with van der Waals surface area (Å²) in [6.07, 6.45) is 1.99. The second-order valence-electron chi connectivity index (χ2n) is 6.23. The normalized spacial score (nSPS) is 11.5. The van der Waals surface area contributed by atoms with Crippen LogP contribution >= 0.6 is 15.9 Å². The molecule has 21 heavy (non-hydrogen) atoms. The number of anilines is 2. The van der Waals surface area contributed by atoms with Gasteiger partial charge in [-0.25, -0.2) is 4.68 Å². The van der Waals surface area contributed by atoms with Crippen molar-refractivity contribution in [3.63, 3.8) is 0 Å². The molecule has 1 aromatic heterocycles. The molecule has 1 heterocycles. The molecule has 0 fully saturated rings. The summed E-state index contributed by atoms with van der Waals surface area (Å²) in [5.74, 6) is 0. The minimum atomic E-state index is -0.0458. The van der Waals surface area contributed by atoms with E-state index in [9.17, 15) is 0 Å². The first-order valence-electron chi connectivity index (χ1n) is 6.90. The van der Waals surface area contributed by atoms with Gasteiger partial charge >= 0.3 is 0 Å². The van der Waals surface area contributed by atoms with Crippen molar-refractivity contribution in [3.8, 4) is 0 Å². The number of halogens is 1. The third kappa shape index (κ3) is 3.97. The van der Waals surface area contributed by atoms with Crippen molar-refractivity contribution in [3.05, 3.63) is 34.6 Å². The minimum absolute atomic E-state index is 0.0458. The van der Waals surface area contributed by atoms with Crippen LogP contribution < -0.4 is 10.2 Å². The molecule has 0 unspecified atom stereocenters. The summed E-state index contributed by atoms with van der Waals surface area (Å²) in [6.45, 7) is 6.97. The van der Waals surface area contributed by atoms with Gasteiger partial charge in [-0.3, -0.25) is 0 Å².